The molecule has 0 unspecified atom stereocenters. The summed E-state index contributed by atoms with van der Waals surface area (Å²) >= 11 is 5.14. The Labute approximate surface area is 131 Å². The standard InChI is InChI=1S/C15H24N4OS/c1-6-19(8-13(20)17-9(2)3)12-7-10(4)18-11(5)14(12)15(16)21/h7,9H,6,8H2,1-5H3,(H2,16,21)(H,17,20). The summed E-state index contributed by atoms with van der Waals surface area (Å²) in [7, 11) is 0. The Hall–Kier alpha value is -1.69. The molecule has 1 heterocycles. The first-order valence-corrected chi connectivity index (χ1v) is 7.49. The highest BCUT2D eigenvalue weighted by Gasteiger charge is 2.18. The van der Waals surface area contributed by atoms with Gasteiger partial charge in [0.25, 0.3) is 0 Å². The maximum Gasteiger partial charge on any atom is 0.239 e. The van der Waals surface area contributed by atoms with Gasteiger partial charge in [0.05, 0.1) is 17.8 Å². The zero-order valence-corrected chi connectivity index (χ0v) is 14.2. The third kappa shape index (κ3) is 4.67. The van der Waals surface area contributed by atoms with Gasteiger partial charge in [-0.25, -0.2) is 0 Å². The molecule has 1 aromatic heterocycles. The Morgan fingerprint density at radius 1 is 1.48 bits per heavy atom. The van der Waals surface area contributed by atoms with Gasteiger partial charge in [-0.05, 0) is 40.7 Å². The summed E-state index contributed by atoms with van der Waals surface area (Å²) in [6.07, 6.45) is 0. The van der Waals surface area contributed by atoms with Crippen molar-refractivity contribution in [2.45, 2.75) is 40.7 Å². The van der Waals surface area contributed by atoms with E-state index in [1.807, 2.05) is 45.6 Å². The van der Waals surface area contributed by atoms with Gasteiger partial charge in [0, 0.05) is 24.0 Å². The molecule has 0 radical (unpaired) electrons. The van der Waals surface area contributed by atoms with Crippen LogP contribution in [-0.2, 0) is 4.79 Å². The topological polar surface area (TPSA) is 71.2 Å². The van der Waals surface area contributed by atoms with Crippen LogP contribution >= 0.6 is 12.2 Å². The minimum Gasteiger partial charge on any atom is -0.389 e. The summed E-state index contributed by atoms with van der Waals surface area (Å²) in [5.41, 5.74) is 9.12. The number of aryl methyl sites for hydroxylation is 2. The Morgan fingerprint density at radius 3 is 2.57 bits per heavy atom. The van der Waals surface area contributed by atoms with E-state index in [0.29, 0.717) is 11.5 Å². The fraction of sp³-hybridized carbons (Fsp3) is 0.533. The zero-order valence-electron chi connectivity index (χ0n) is 13.4. The molecule has 0 atom stereocenters. The molecule has 1 amide bonds. The van der Waals surface area contributed by atoms with Gasteiger partial charge >= 0.3 is 0 Å². The quantitative estimate of drug-likeness (QED) is 0.783. The molecule has 0 bridgehead atoms. The summed E-state index contributed by atoms with van der Waals surface area (Å²) in [6, 6.07) is 2.04. The predicted molar refractivity (Wildman–Crippen MR) is 90.8 cm³/mol. The summed E-state index contributed by atoms with van der Waals surface area (Å²) in [6.45, 7) is 10.6. The summed E-state index contributed by atoms with van der Waals surface area (Å²) in [5.74, 6) is -0.0205. The van der Waals surface area contributed by atoms with Crippen LogP contribution in [0.25, 0.3) is 0 Å². The smallest absolute Gasteiger partial charge is 0.239 e. The number of aromatic nitrogens is 1. The van der Waals surface area contributed by atoms with Crippen LogP contribution in [0.2, 0.25) is 0 Å². The second-order valence-electron chi connectivity index (χ2n) is 5.34. The predicted octanol–water partition coefficient (Wildman–Crippen LogP) is 1.68. The van der Waals surface area contributed by atoms with Gasteiger partial charge in [0.15, 0.2) is 0 Å². The number of hydrogen-bond donors (Lipinski definition) is 2. The van der Waals surface area contributed by atoms with E-state index >= 15 is 0 Å². The third-order valence-corrected chi connectivity index (χ3v) is 3.26. The number of nitrogens with one attached hydrogen (secondary N) is 1. The van der Waals surface area contributed by atoms with Crippen molar-refractivity contribution < 1.29 is 4.79 Å². The summed E-state index contributed by atoms with van der Waals surface area (Å²) in [4.78, 5) is 18.7. The van der Waals surface area contributed by atoms with Crippen LogP contribution in [-0.4, -0.2) is 35.0 Å². The Bertz CT molecular complexity index is 543. The molecule has 1 rings (SSSR count). The Kier molecular flexibility index (Phi) is 6.08. The number of likely N-dealkylation sites (N-methyl/N-ethyl adjacent to an activating group) is 1. The Morgan fingerprint density at radius 2 is 2.10 bits per heavy atom. The van der Waals surface area contributed by atoms with Crippen molar-refractivity contribution in [3.63, 3.8) is 0 Å². The molecule has 0 aliphatic heterocycles. The highest BCUT2D eigenvalue weighted by atomic mass is 32.1. The van der Waals surface area contributed by atoms with E-state index in [2.05, 4.69) is 10.3 Å². The van der Waals surface area contributed by atoms with Crippen LogP contribution in [0.3, 0.4) is 0 Å². The average Bonchev–Trinajstić information content (AvgIpc) is 2.33. The van der Waals surface area contributed by atoms with Gasteiger partial charge in [-0.3, -0.25) is 9.78 Å². The van der Waals surface area contributed by atoms with E-state index in [1.165, 1.54) is 0 Å². The average molecular weight is 308 g/mol. The van der Waals surface area contributed by atoms with E-state index in [1.54, 1.807) is 0 Å². The van der Waals surface area contributed by atoms with Crippen LogP contribution in [0.15, 0.2) is 6.07 Å². The highest BCUT2D eigenvalue weighted by Crippen LogP contribution is 2.24. The normalized spacial score (nSPS) is 10.6. The molecular formula is C15H24N4OS. The molecule has 21 heavy (non-hydrogen) atoms. The fourth-order valence-electron chi connectivity index (χ4n) is 2.27. The molecule has 6 heteroatoms. The number of nitrogens with two attached hydrogens (primary N) is 1. The lowest BCUT2D eigenvalue weighted by atomic mass is 10.1. The van der Waals surface area contributed by atoms with Crippen molar-refractivity contribution in [2.75, 3.05) is 18.0 Å². The highest BCUT2D eigenvalue weighted by molar-refractivity contribution is 7.80. The minimum absolute atomic E-state index is 0.0205. The molecule has 116 valence electrons. The number of amides is 1. The van der Waals surface area contributed by atoms with Crippen LogP contribution in [0.4, 0.5) is 5.69 Å². The van der Waals surface area contributed by atoms with Gasteiger partial charge in [-0.15, -0.1) is 0 Å². The van der Waals surface area contributed by atoms with Crippen LogP contribution in [0, 0.1) is 13.8 Å². The van der Waals surface area contributed by atoms with Crippen molar-refractivity contribution in [3.8, 4) is 0 Å². The fourth-order valence-corrected chi connectivity index (χ4v) is 2.52. The third-order valence-electron chi connectivity index (χ3n) is 3.06. The van der Waals surface area contributed by atoms with Gasteiger partial charge in [0.2, 0.25) is 5.91 Å². The first kappa shape index (κ1) is 17.4. The number of pyridine rings is 1. The van der Waals surface area contributed by atoms with Crippen molar-refractivity contribution in [1.82, 2.24) is 10.3 Å². The largest absolute Gasteiger partial charge is 0.389 e. The number of carbonyl (C=O) groups is 1. The van der Waals surface area contributed by atoms with Gasteiger partial charge in [0.1, 0.15) is 4.99 Å². The van der Waals surface area contributed by atoms with E-state index < -0.39 is 0 Å². The molecule has 1 aromatic rings. The number of carbonyl (C=O) groups excluding carboxylic acids is 1. The zero-order chi connectivity index (χ0) is 16.2. The molecule has 0 spiro atoms. The summed E-state index contributed by atoms with van der Waals surface area (Å²) in [5, 5.41) is 2.89. The second kappa shape index (κ2) is 7.36. The van der Waals surface area contributed by atoms with Crippen molar-refractivity contribution in [3.05, 3.63) is 23.0 Å². The lowest BCUT2D eigenvalue weighted by molar-refractivity contribution is -0.120. The van der Waals surface area contributed by atoms with Gasteiger partial charge < -0.3 is 16.0 Å². The van der Waals surface area contributed by atoms with Crippen molar-refractivity contribution >= 4 is 28.8 Å². The van der Waals surface area contributed by atoms with E-state index in [4.69, 9.17) is 18.0 Å². The minimum atomic E-state index is -0.0205. The number of rotatable bonds is 6. The molecule has 0 fully saturated rings. The molecule has 3 N–H and O–H groups in total. The van der Waals surface area contributed by atoms with Crippen LogP contribution in [0.5, 0.6) is 0 Å². The Balaban J connectivity index is 3.16. The summed E-state index contributed by atoms with van der Waals surface area (Å²) < 4.78 is 0. The molecular weight excluding hydrogens is 284 g/mol. The maximum atomic E-state index is 12.0. The van der Waals surface area contributed by atoms with Gasteiger partial charge in [-0.2, -0.15) is 0 Å². The van der Waals surface area contributed by atoms with Gasteiger partial charge in [-0.1, -0.05) is 12.2 Å². The molecule has 0 saturated heterocycles. The molecule has 0 aromatic carbocycles. The molecule has 5 nitrogen and oxygen atoms in total. The van der Waals surface area contributed by atoms with Crippen molar-refractivity contribution in [1.29, 1.82) is 0 Å². The number of anilines is 1. The maximum absolute atomic E-state index is 12.0. The first-order chi connectivity index (χ1) is 9.76. The number of nitrogens with zero attached hydrogens (tertiary/aromatic N) is 2. The van der Waals surface area contributed by atoms with E-state index in [9.17, 15) is 4.79 Å². The van der Waals surface area contributed by atoms with Crippen LogP contribution < -0.4 is 16.0 Å². The SMILES string of the molecule is CCN(CC(=O)NC(C)C)c1cc(C)nc(C)c1C(N)=S. The number of hydrogen-bond acceptors (Lipinski definition) is 4. The monoisotopic (exact) mass is 308 g/mol. The first-order valence-electron chi connectivity index (χ1n) is 7.08. The lowest BCUT2D eigenvalue weighted by Crippen LogP contribution is -2.41. The second-order valence-corrected chi connectivity index (χ2v) is 5.78. The number of thiocarbonyl (C=S) groups is 1. The lowest BCUT2D eigenvalue weighted by Gasteiger charge is -2.26. The van der Waals surface area contributed by atoms with E-state index in [-0.39, 0.29) is 18.5 Å². The van der Waals surface area contributed by atoms with E-state index in [0.717, 1.165) is 22.6 Å². The van der Waals surface area contributed by atoms with Crippen molar-refractivity contribution in [2.24, 2.45) is 5.73 Å². The molecule has 0 saturated carbocycles. The molecule has 0 aliphatic rings. The van der Waals surface area contributed by atoms with Crippen LogP contribution in [0.1, 0.15) is 37.7 Å². The molecule has 0 aliphatic carbocycles.